The molecule has 122 valence electrons. The van der Waals surface area contributed by atoms with Gasteiger partial charge in [0.2, 0.25) is 0 Å². The molecule has 0 N–H and O–H groups in total. The Morgan fingerprint density at radius 3 is 2.00 bits per heavy atom. The maximum absolute atomic E-state index is 11.9. The molecule has 0 spiro atoms. The molecule has 0 radical (unpaired) electrons. The molecule has 0 aromatic heterocycles. The first-order valence-electron chi connectivity index (χ1n) is 8.43. The van der Waals surface area contributed by atoms with Crippen molar-refractivity contribution in [3.05, 3.63) is 0 Å². The zero-order valence-corrected chi connectivity index (χ0v) is 13.6. The molecule has 0 unspecified atom stereocenters. The van der Waals surface area contributed by atoms with E-state index >= 15 is 0 Å². The Labute approximate surface area is 128 Å². The predicted molar refractivity (Wildman–Crippen MR) is 81.8 cm³/mol. The summed E-state index contributed by atoms with van der Waals surface area (Å²) in [6.45, 7) is 4.67. The van der Waals surface area contributed by atoms with Gasteiger partial charge >= 0.3 is 11.9 Å². The average Bonchev–Trinajstić information content (AvgIpc) is 2.49. The number of rotatable bonds is 9. The minimum Gasteiger partial charge on any atom is -0.466 e. The second-order valence-corrected chi connectivity index (χ2v) is 6.05. The number of hydrogen-bond donors (Lipinski definition) is 0. The van der Waals surface area contributed by atoms with E-state index in [0.717, 1.165) is 44.4 Å². The zero-order chi connectivity index (χ0) is 15.5. The Hall–Kier alpha value is -1.06. The van der Waals surface area contributed by atoms with Gasteiger partial charge < -0.3 is 9.47 Å². The van der Waals surface area contributed by atoms with Crippen LogP contribution in [0.25, 0.3) is 0 Å². The summed E-state index contributed by atoms with van der Waals surface area (Å²) in [5, 5.41) is 0. The summed E-state index contributed by atoms with van der Waals surface area (Å²) in [6, 6.07) is 0. The van der Waals surface area contributed by atoms with Gasteiger partial charge in [-0.1, -0.05) is 13.3 Å². The summed E-state index contributed by atoms with van der Waals surface area (Å²) < 4.78 is 10.2. The van der Waals surface area contributed by atoms with E-state index in [1.54, 1.807) is 0 Å². The topological polar surface area (TPSA) is 52.6 Å². The maximum Gasteiger partial charge on any atom is 0.308 e. The van der Waals surface area contributed by atoms with Crippen molar-refractivity contribution in [1.82, 2.24) is 0 Å². The molecule has 0 aliphatic heterocycles. The van der Waals surface area contributed by atoms with Crippen molar-refractivity contribution < 1.29 is 19.1 Å². The molecular weight excluding hydrogens is 268 g/mol. The van der Waals surface area contributed by atoms with Crippen molar-refractivity contribution in [2.45, 2.75) is 71.6 Å². The zero-order valence-electron chi connectivity index (χ0n) is 13.6. The summed E-state index contributed by atoms with van der Waals surface area (Å²) in [4.78, 5) is 22.5. The molecule has 0 saturated heterocycles. The molecule has 0 aromatic carbocycles. The summed E-state index contributed by atoms with van der Waals surface area (Å²) >= 11 is 0. The third kappa shape index (κ3) is 8.08. The molecule has 1 aliphatic rings. The number of unbranched alkanes of at least 4 members (excludes halogenated alkanes) is 3. The Morgan fingerprint density at radius 2 is 1.48 bits per heavy atom. The van der Waals surface area contributed by atoms with Crippen LogP contribution in [0.3, 0.4) is 0 Å². The van der Waals surface area contributed by atoms with Crippen molar-refractivity contribution in [3.8, 4) is 0 Å². The van der Waals surface area contributed by atoms with Gasteiger partial charge in [-0.25, -0.2) is 0 Å². The molecule has 4 nitrogen and oxygen atoms in total. The van der Waals surface area contributed by atoms with Gasteiger partial charge in [0.1, 0.15) is 0 Å². The average molecular weight is 298 g/mol. The van der Waals surface area contributed by atoms with Crippen molar-refractivity contribution in [2.24, 2.45) is 11.8 Å². The second-order valence-electron chi connectivity index (χ2n) is 6.05. The third-order valence-corrected chi connectivity index (χ3v) is 4.35. The Bertz CT molecular complexity index is 306. The van der Waals surface area contributed by atoms with Gasteiger partial charge in [0, 0.05) is 6.92 Å². The third-order valence-electron chi connectivity index (χ3n) is 4.35. The summed E-state index contributed by atoms with van der Waals surface area (Å²) in [7, 11) is 0. The van der Waals surface area contributed by atoms with Crippen LogP contribution in [0.5, 0.6) is 0 Å². The van der Waals surface area contributed by atoms with Crippen molar-refractivity contribution in [3.63, 3.8) is 0 Å². The summed E-state index contributed by atoms with van der Waals surface area (Å²) in [5.41, 5.74) is 0. The summed E-state index contributed by atoms with van der Waals surface area (Å²) in [5.74, 6) is 0.731. The molecular formula is C17H30O4. The van der Waals surface area contributed by atoms with Gasteiger partial charge in [-0.2, -0.15) is 0 Å². The summed E-state index contributed by atoms with van der Waals surface area (Å²) in [6.07, 6.45) is 9.38. The lowest BCUT2D eigenvalue weighted by molar-refractivity contribution is -0.150. The fourth-order valence-electron chi connectivity index (χ4n) is 2.87. The SMILES string of the molecule is CCC1CCC(C(=O)OCCCCCCOC(C)=O)CC1. The van der Waals surface area contributed by atoms with Crippen LogP contribution in [-0.4, -0.2) is 25.2 Å². The van der Waals surface area contributed by atoms with Crippen LogP contribution in [0.2, 0.25) is 0 Å². The Kier molecular flexibility index (Phi) is 9.11. The maximum atomic E-state index is 11.9. The minimum atomic E-state index is -0.221. The van der Waals surface area contributed by atoms with E-state index in [4.69, 9.17) is 9.47 Å². The van der Waals surface area contributed by atoms with Gasteiger partial charge in [-0.15, -0.1) is 0 Å². The lowest BCUT2D eigenvalue weighted by atomic mass is 9.81. The van der Waals surface area contributed by atoms with E-state index in [0.29, 0.717) is 13.2 Å². The van der Waals surface area contributed by atoms with E-state index in [1.807, 2.05) is 0 Å². The van der Waals surface area contributed by atoms with Gasteiger partial charge in [0.05, 0.1) is 19.1 Å². The van der Waals surface area contributed by atoms with Gasteiger partial charge in [-0.3, -0.25) is 9.59 Å². The first-order valence-corrected chi connectivity index (χ1v) is 8.43. The van der Waals surface area contributed by atoms with Crippen LogP contribution in [0, 0.1) is 11.8 Å². The molecule has 0 atom stereocenters. The van der Waals surface area contributed by atoms with Crippen LogP contribution in [0.1, 0.15) is 71.6 Å². The number of carbonyl (C=O) groups is 2. The fourth-order valence-corrected chi connectivity index (χ4v) is 2.87. The predicted octanol–water partition coefficient (Wildman–Crippen LogP) is 3.87. The lowest BCUT2D eigenvalue weighted by Crippen LogP contribution is -2.23. The Balaban J connectivity index is 1.95. The van der Waals surface area contributed by atoms with Gasteiger partial charge in [0.25, 0.3) is 0 Å². The smallest absolute Gasteiger partial charge is 0.308 e. The van der Waals surface area contributed by atoms with E-state index in [2.05, 4.69) is 6.92 Å². The van der Waals surface area contributed by atoms with Crippen LogP contribution in [0.15, 0.2) is 0 Å². The molecule has 1 rings (SSSR count). The van der Waals surface area contributed by atoms with Crippen LogP contribution < -0.4 is 0 Å². The fraction of sp³-hybridized carbons (Fsp3) is 0.882. The van der Waals surface area contributed by atoms with E-state index < -0.39 is 0 Å². The first-order chi connectivity index (χ1) is 10.1. The normalized spacial score (nSPS) is 21.8. The largest absolute Gasteiger partial charge is 0.466 e. The standard InChI is InChI=1S/C17H30O4/c1-3-15-8-10-16(11-9-15)17(19)21-13-7-5-4-6-12-20-14(2)18/h15-16H,3-13H2,1-2H3. The first kappa shape index (κ1) is 18.0. The number of ether oxygens (including phenoxy) is 2. The molecule has 1 aliphatic carbocycles. The Morgan fingerprint density at radius 1 is 0.905 bits per heavy atom. The molecule has 0 aromatic rings. The van der Waals surface area contributed by atoms with Gasteiger partial charge in [-0.05, 0) is 57.3 Å². The molecule has 4 heteroatoms. The van der Waals surface area contributed by atoms with E-state index in [9.17, 15) is 9.59 Å². The van der Waals surface area contributed by atoms with Crippen LogP contribution >= 0.6 is 0 Å². The molecule has 21 heavy (non-hydrogen) atoms. The van der Waals surface area contributed by atoms with E-state index in [-0.39, 0.29) is 17.9 Å². The highest BCUT2D eigenvalue weighted by Gasteiger charge is 2.26. The second kappa shape index (κ2) is 10.6. The number of hydrogen-bond acceptors (Lipinski definition) is 4. The molecule has 0 amide bonds. The van der Waals surface area contributed by atoms with Crippen molar-refractivity contribution >= 4 is 11.9 Å². The highest BCUT2D eigenvalue weighted by Crippen LogP contribution is 2.31. The number of carbonyl (C=O) groups excluding carboxylic acids is 2. The molecule has 0 bridgehead atoms. The monoisotopic (exact) mass is 298 g/mol. The highest BCUT2D eigenvalue weighted by atomic mass is 16.5. The minimum absolute atomic E-state index is 0.00414. The molecule has 1 saturated carbocycles. The number of esters is 2. The van der Waals surface area contributed by atoms with Crippen LogP contribution in [0.4, 0.5) is 0 Å². The van der Waals surface area contributed by atoms with Crippen molar-refractivity contribution in [2.75, 3.05) is 13.2 Å². The van der Waals surface area contributed by atoms with Gasteiger partial charge in [0.15, 0.2) is 0 Å². The van der Waals surface area contributed by atoms with Crippen LogP contribution in [-0.2, 0) is 19.1 Å². The highest BCUT2D eigenvalue weighted by molar-refractivity contribution is 5.72. The lowest BCUT2D eigenvalue weighted by Gasteiger charge is -2.26. The molecule has 0 heterocycles. The molecule has 1 fully saturated rings. The van der Waals surface area contributed by atoms with E-state index in [1.165, 1.54) is 26.2 Å². The van der Waals surface area contributed by atoms with Crippen molar-refractivity contribution in [1.29, 1.82) is 0 Å². The quantitative estimate of drug-likeness (QED) is 0.479.